The Labute approximate surface area is 132 Å². The van der Waals surface area contributed by atoms with Gasteiger partial charge in [0.2, 0.25) is 0 Å². The fourth-order valence-electron chi connectivity index (χ4n) is 4.00. The van der Waals surface area contributed by atoms with E-state index in [-0.39, 0.29) is 0 Å². The highest BCUT2D eigenvalue weighted by Gasteiger charge is 2.31. The number of benzene rings is 1. The van der Waals surface area contributed by atoms with E-state index in [0.717, 1.165) is 30.1 Å². The van der Waals surface area contributed by atoms with E-state index < -0.39 is 0 Å². The number of rotatable bonds is 5. The summed E-state index contributed by atoms with van der Waals surface area (Å²) in [6, 6.07) is 8.24. The van der Waals surface area contributed by atoms with Gasteiger partial charge in [-0.15, -0.1) is 0 Å². The Morgan fingerprint density at radius 2 is 2.09 bits per heavy atom. The van der Waals surface area contributed by atoms with Crippen LogP contribution in [0.1, 0.15) is 50.2 Å². The van der Waals surface area contributed by atoms with Crippen LogP contribution in [0.15, 0.2) is 24.4 Å². The molecule has 0 aliphatic heterocycles. The van der Waals surface area contributed by atoms with Gasteiger partial charge in [-0.1, -0.05) is 20.3 Å². The zero-order valence-corrected chi connectivity index (χ0v) is 13.6. The average molecular weight is 295 g/mol. The minimum atomic E-state index is 0.628. The topological polar surface area (TPSA) is 42.8 Å². The second-order valence-corrected chi connectivity index (χ2v) is 6.40. The van der Waals surface area contributed by atoms with Gasteiger partial charge in [0.1, 0.15) is 0 Å². The van der Waals surface area contributed by atoms with Crippen LogP contribution in [-0.4, -0.2) is 29.5 Å². The minimum Gasteiger partial charge on any atom is -0.361 e. The van der Waals surface area contributed by atoms with Crippen molar-refractivity contribution in [2.45, 2.75) is 39.0 Å². The van der Waals surface area contributed by atoms with Crippen molar-refractivity contribution in [1.29, 1.82) is 5.26 Å². The Kier molecular flexibility index (Phi) is 4.49. The second kappa shape index (κ2) is 6.54. The van der Waals surface area contributed by atoms with Gasteiger partial charge in [-0.3, -0.25) is 0 Å². The number of H-pyrrole nitrogens is 1. The molecule has 0 bridgehead atoms. The van der Waals surface area contributed by atoms with E-state index in [2.05, 4.69) is 36.0 Å². The van der Waals surface area contributed by atoms with Gasteiger partial charge < -0.3 is 9.88 Å². The van der Waals surface area contributed by atoms with Crippen molar-refractivity contribution in [2.75, 3.05) is 19.6 Å². The van der Waals surface area contributed by atoms with Crippen LogP contribution in [0.5, 0.6) is 0 Å². The van der Waals surface area contributed by atoms with Crippen molar-refractivity contribution in [3.8, 4) is 6.07 Å². The van der Waals surface area contributed by atoms with Crippen LogP contribution in [0.4, 0.5) is 0 Å². The first-order valence-electron chi connectivity index (χ1n) is 8.50. The van der Waals surface area contributed by atoms with E-state index >= 15 is 0 Å². The van der Waals surface area contributed by atoms with E-state index in [1.165, 1.54) is 36.8 Å². The number of nitriles is 1. The molecule has 0 saturated heterocycles. The van der Waals surface area contributed by atoms with Crippen molar-refractivity contribution in [3.05, 3.63) is 35.5 Å². The molecule has 2 atom stereocenters. The third-order valence-corrected chi connectivity index (χ3v) is 5.29. The second-order valence-electron chi connectivity index (χ2n) is 6.40. The molecule has 3 nitrogen and oxygen atoms in total. The molecule has 1 heterocycles. The van der Waals surface area contributed by atoms with Crippen LogP contribution >= 0.6 is 0 Å². The first-order valence-corrected chi connectivity index (χ1v) is 8.50. The highest BCUT2D eigenvalue weighted by Crippen LogP contribution is 2.42. The van der Waals surface area contributed by atoms with Crippen molar-refractivity contribution in [2.24, 2.45) is 5.92 Å². The van der Waals surface area contributed by atoms with Crippen LogP contribution in [0.25, 0.3) is 10.9 Å². The van der Waals surface area contributed by atoms with Gasteiger partial charge in [0.15, 0.2) is 0 Å². The molecule has 2 unspecified atom stereocenters. The molecule has 1 aliphatic carbocycles. The summed E-state index contributed by atoms with van der Waals surface area (Å²) in [5.41, 5.74) is 3.33. The van der Waals surface area contributed by atoms with Gasteiger partial charge in [-0.2, -0.15) is 5.26 Å². The predicted molar refractivity (Wildman–Crippen MR) is 90.9 cm³/mol. The molecule has 2 aromatic rings. The van der Waals surface area contributed by atoms with Crippen molar-refractivity contribution in [1.82, 2.24) is 9.88 Å². The smallest absolute Gasteiger partial charge is 0.0991 e. The molecular formula is C19H25N3. The molecule has 1 aliphatic rings. The maximum Gasteiger partial charge on any atom is 0.0991 e. The maximum absolute atomic E-state index is 9.16. The number of hydrogen-bond acceptors (Lipinski definition) is 2. The molecular weight excluding hydrogens is 270 g/mol. The minimum absolute atomic E-state index is 0.628. The number of aromatic amines is 1. The van der Waals surface area contributed by atoms with Gasteiger partial charge in [0.25, 0.3) is 0 Å². The summed E-state index contributed by atoms with van der Waals surface area (Å²) in [5, 5.41) is 10.4. The summed E-state index contributed by atoms with van der Waals surface area (Å²) in [4.78, 5) is 5.94. The largest absolute Gasteiger partial charge is 0.361 e. The van der Waals surface area contributed by atoms with E-state index in [9.17, 15) is 0 Å². The Morgan fingerprint density at radius 3 is 2.82 bits per heavy atom. The van der Waals surface area contributed by atoms with Crippen LogP contribution in [0.3, 0.4) is 0 Å². The SMILES string of the molecule is CCN(CC)CC1CCCC1c1c[nH]c2ccc(C#N)cc12. The molecule has 3 rings (SSSR count). The molecule has 3 heteroatoms. The van der Waals surface area contributed by atoms with E-state index in [4.69, 9.17) is 5.26 Å². The van der Waals surface area contributed by atoms with Crippen molar-refractivity contribution >= 4 is 10.9 Å². The zero-order valence-electron chi connectivity index (χ0n) is 13.6. The number of fused-ring (bicyclic) bond motifs is 1. The number of aromatic nitrogens is 1. The fourth-order valence-corrected chi connectivity index (χ4v) is 4.00. The highest BCUT2D eigenvalue weighted by molar-refractivity contribution is 5.85. The molecule has 116 valence electrons. The summed E-state index contributed by atoms with van der Waals surface area (Å²) < 4.78 is 0. The Bertz CT molecular complexity index is 676. The lowest BCUT2D eigenvalue weighted by Gasteiger charge is -2.26. The Hall–Kier alpha value is -1.79. The third-order valence-electron chi connectivity index (χ3n) is 5.29. The van der Waals surface area contributed by atoms with Gasteiger partial charge in [0, 0.05) is 23.6 Å². The predicted octanol–water partition coefficient (Wildman–Crippen LogP) is 4.27. The van der Waals surface area contributed by atoms with Crippen LogP contribution < -0.4 is 0 Å². The molecule has 1 aromatic heterocycles. The summed E-state index contributed by atoms with van der Waals surface area (Å²) in [7, 11) is 0. The first-order chi connectivity index (χ1) is 10.8. The van der Waals surface area contributed by atoms with Crippen molar-refractivity contribution < 1.29 is 0 Å². The van der Waals surface area contributed by atoms with Gasteiger partial charge >= 0.3 is 0 Å². The van der Waals surface area contributed by atoms with Crippen LogP contribution in [0.2, 0.25) is 0 Å². The van der Waals surface area contributed by atoms with E-state index in [0.29, 0.717) is 5.92 Å². The summed E-state index contributed by atoms with van der Waals surface area (Å²) in [5.74, 6) is 1.37. The quantitative estimate of drug-likeness (QED) is 0.895. The third kappa shape index (κ3) is 2.76. The lowest BCUT2D eigenvalue weighted by Crippen LogP contribution is -2.30. The summed E-state index contributed by atoms with van der Waals surface area (Å²) >= 11 is 0. The molecule has 0 amide bonds. The fraction of sp³-hybridized carbons (Fsp3) is 0.526. The maximum atomic E-state index is 9.16. The molecule has 1 fully saturated rings. The molecule has 0 radical (unpaired) electrons. The monoisotopic (exact) mass is 295 g/mol. The Balaban J connectivity index is 1.90. The first kappa shape index (κ1) is 15.1. The van der Waals surface area contributed by atoms with E-state index in [1.54, 1.807) is 0 Å². The molecule has 1 aromatic carbocycles. The molecule has 0 spiro atoms. The molecule has 1 N–H and O–H groups in total. The van der Waals surface area contributed by atoms with Gasteiger partial charge in [-0.05, 0) is 61.5 Å². The number of hydrogen-bond donors (Lipinski definition) is 1. The zero-order chi connectivity index (χ0) is 15.5. The summed E-state index contributed by atoms with van der Waals surface area (Å²) in [6.07, 6.45) is 6.10. The highest BCUT2D eigenvalue weighted by atomic mass is 15.1. The normalized spacial score (nSPS) is 21.5. The average Bonchev–Trinajstić information content (AvgIpc) is 3.17. The van der Waals surface area contributed by atoms with Crippen molar-refractivity contribution in [3.63, 3.8) is 0 Å². The number of nitrogens with zero attached hydrogens (tertiary/aromatic N) is 2. The lowest BCUT2D eigenvalue weighted by molar-refractivity contribution is 0.243. The number of nitrogens with one attached hydrogen (secondary N) is 1. The van der Waals surface area contributed by atoms with E-state index in [1.807, 2.05) is 18.2 Å². The Morgan fingerprint density at radius 1 is 1.27 bits per heavy atom. The van der Waals surface area contributed by atoms with Gasteiger partial charge in [0.05, 0.1) is 11.6 Å². The van der Waals surface area contributed by atoms with Gasteiger partial charge in [-0.25, -0.2) is 0 Å². The molecule has 1 saturated carbocycles. The summed E-state index contributed by atoms with van der Waals surface area (Å²) in [6.45, 7) is 7.96. The van der Waals surface area contributed by atoms with Crippen LogP contribution in [0, 0.1) is 17.2 Å². The lowest BCUT2D eigenvalue weighted by atomic mass is 9.88. The van der Waals surface area contributed by atoms with Crippen LogP contribution in [-0.2, 0) is 0 Å². The molecule has 22 heavy (non-hydrogen) atoms. The standard InChI is InChI=1S/C19H25N3/c1-3-22(4-2)13-15-6-5-7-16(15)18-12-21-19-9-8-14(11-20)10-17(18)19/h8-10,12,15-16,21H,3-7,13H2,1-2H3.